The lowest BCUT2D eigenvalue weighted by Crippen LogP contribution is -2.30. The van der Waals surface area contributed by atoms with Gasteiger partial charge in [0.05, 0.1) is 20.3 Å². The molecule has 0 amide bonds. The van der Waals surface area contributed by atoms with E-state index in [0.29, 0.717) is 0 Å². The molecule has 134 valence electrons. The van der Waals surface area contributed by atoms with Crippen LogP contribution in [-0.4, -0.2) is 33.2 Å². The number of hydrogen-bond donors (Lipinski definition) is 1. The Hall–Kier alpha value is -1.88. The van der Waals surface area contributed by atoms with Gasteiger partial charge in [0.2, 0.25) is 0 Å². The van der Waals surface area contributed by atoms with Crippen LogP contribution in [-0.2, 0) is 9.47 Å². The Labute approximate surface area is 150 Å². The molecular weight excluding hydrogens is 314 g/mol. The van der Waals surface area contributed by atoms with Gasteiger partial charge < -0.3 is 19.5 Å². The van der Waals surface area contributed by atoms with Gasteiger partial charge in [-0.1, -0.05) is 42.5 Å². The highest BCUT2D eigenvalue weighted by Crippen LogP contribution is 2.30. The number of rotatable bonds is 7. The third-order valence-electron chi connectivity index (χ3n) is 4.56. The van der Waals surface area contributed by atoms with E-state index in [1.54, 1.807) is 7.11 Å². The summed E-state index contributed by atoms with van der Waals surface area (Å²) in [5, 5.41) is 3.54. The quantitative estimate of drug-likeness (QED) is 0.821. The molecule has 1 atom stereocenters. The van der Waals surface area contributed by atoms with Crippen molar-refractivity contribution >= 4 is 0 Å². The minimum absolute atomic E-state index is 0.0543. The van der Waals surface area contributed by atoms with Crippen LogP contribution >= 0.6 is 0 Å². The number of ether oxygens (including phenoxy) is 3. The lowest BCUT2D eigenvalue weighted by Gasteiger charge is -2.24. The monoisotopic (exact) mass is 341 g/mol. The van der Waals surface area contributed by atoms with Crippen molar-refractivity contribution in [1.29, 1.82) is 0 Å². The summed E-state index contributed by atoms with van der Waals surface area (Å²) in [6.07, 6.45) is 1.82. The Bertz CT molecular complexity index is 650. The number of para-hydroxylation sites is 1. The molecule has 1 heterocycles. The van der Waals surface area contributed by atoms with Gasteiger partial charge >= 0.3 is 0 Å². The molecule has 1 fully saturated rings. The highest BCUT2D eigenvalue weighted by Gasteiger charge is 2.14. The van der Waals surface area contributed by atoms with Crippen molar-refractivity contribution in [3.63, 3.8) is 0 Å². The van der Waals surface area contributed by atoms with Crippen molar-refractivity contribution in [3.05, 3.63) is 54.1 Å². The summed E-state index contributed by atoms with van der Waals surface area (Å²) < 4.78 is 16.6. The van der Waals surface area contributed by atoms with Gasteiger partial charge in [-0.05, 0) is 30.5 Å². The van der Waals surface area contributed by atoms with E-state index in [1.165, 1.54) is 5.56 Å². The van der Waals surface area contributed by atoms with Crippen LogP contribution in [0.4, 0.5) is 0 Å². The van der Waals surface area contributed by atoms with Crippen LogP contribution in [0.1, 0.15) is 31.4 Å². The Morgan fingerprint density at radius 1 is 1.08 bits per heavy atom. The van der Waals surface area contributed by atoms with Crippen LogP contribution in [0.25, 0.3) is 11.1 Å². The number of methoxy groups -OCH3 is 1. The molecule has 1 saturated heterocycles. The molecule has 0 spiro atoms. The van der Waals surface area contributed by atoms with Crippen molar-refractivity contribution in [2.45, 2.75) is 32.1 Å². The summed E-state index contributed by atoms with van der Waals surface area (Å²) in [6, 6.07) is 17.0. The van der Waals surface area contributed by atoms with Crippen molar-refractivity contribution in [2.24, 2.45) is 0 Å². The smallest absolute Gasteiger partial charge is 0.158 e. The fourth-order valence-electron chi connectivity index (χ4n) is 3.07. The molecular formula is C21H27NO3. The number of hydrogen-bond acceptors (Lipinski definition) is 4. The predicted octanol–water partition coefficient (Wildman–Crippen LogP) is 4.17. The van der Waals surface area contributed by atoms with Crippen LogP contribution < -0.4 is 10.1 Å². The molecule has 25 heavy (non-hydrogen) atoms. The first-order valence-corrected chi connectivity index (χ1v) is 8.98. The van der Waals surface area contributed by atoms with Crippen LogP contribution in [0.2, 0.25) is 0 Å². The average Bonchev–Trinajstić information content (AvgIpc) is 2.69. The first-order valence-electron chi connectivity index (χ1n) is 8.98. The first-order chi connectivity index (χ1) is 12.3. The van der Waals surface area contributed by atoms with Gasteiger partial charge in [0.15, 0.2) is 6.29 Å². The van der Waals surface area contributed by atoms with Gasteiger partial charge in [-0.15, -0.1) is 0 Å². The summed E-state index contributed by atoms with van der Waals surface area (Å²) in [4.78, 5) is 0. The average molecular weight is 341 g/mol. The topological polar surface area (TPSA) is 39.7 Å². The van der Waals surface area contributed by atoms with E-state index in [0.717, 1.165) is 49.5 Å². The highest BCUT2D eigenvalue weighted by molar-refractivity contribution is 5.70. The molecule has 4 heteroatoms. The summed E-state index contributed by atoms with van der Waals surface area (Å²) in [5.41, 5.74) is 3.55. The maximum Gasteiger partial charge on any atom is 0.158 e. The first kappa shape index (κ1) is 17.9. The van der Waals surface area contributed by atoms with Crippen molar-refractivity contribution in [2.75, 3.05) is 26.9 Å². The molecule has 4 nitrogen and oxygen atoms in total. The lowest BCUT2D eigenvalue weighted by molar-refractivity contribution is -0.180. The van der Waals surface area contributed by atoms with Gasteiger partial charge in [-0.25, -0.2) is 0 Å². The van der Waals surface area contributed by atoms with Crippen molar-refractivity contribution in [3.8, 4) is 16.9 Å². The fraction of sp³-hybridized carbons (Fsp3) is 0.429. The second kappa shape index (κ2) is 8.99. The summed E-state index contributed by atoms with van der Waals surface area (Å²) >= 11 is 0. The normalized spacial score (nSPS) is 16.6. The van der Waals surface area contributed by atoms with Gasteiger partial charge in [0.25, 0.3) is 0 Å². The molecule has 1 aliphatic heterocycles. The molecule has 0 aliphatic carbocycles. The molecule has 0 aromatic heterocycles. The summed E-state index contributed by atoms with van der Waals surface area (Å²) in [5.74, 6) is 0.897. The zero-order valence-electron chi connectivity index (χ0n) is 15.0. The highest BCUT2D eigenvalue weighted by atomic mass is 16.7. The lowest BCUT2D eigenvalue weighted by atomic mass is 10.0. The van der Waals surface area contributed by atoms with Crippen LogP contribution in [0, 0.1) is 0 Å². The Morgan fingerprint density at radius 3 is 2.52 bits per heavy atom. The zero-order valence-corrected chi connectivity index (χ0v) is 15.0. The molecule has 1 aliphatic rings. The van der Waals surface area contributed by atoms with E-state index in [1.807, 2.05) is 18.2 Å². The summed E-state index contributed by atoms with van der Waals surface area (Å²) in [6.45, 7) is 4.68. The molecule has 3 rings (SSSR count). The standard InChI is InChI=1S/C21H27NO3/c1-16(22-13-12-21-24-14-5-15-25-21)17-8-10-18(11-9-17)19-6-3-4-7-20(19)23-2/h3-4,6-11,16,21-22H,5,12-15H2,1-2H3. The molecule has 1 unspecified atom stereocenters. The molecule has 0 bridgehead atoms. The van der Waals surface area contributed by atoms with Crippen LogP contribution in [0.15, 0.2) is 48.5 Å². The van der Waals surface area contributed by atoms with E-state index in [9.17, 15) is 0 Å². The largest absolute Gasteiger partial charge is 0.496 e. The minimum atomic E-state index is -0.0543. The fourth-order valence-corrected chi connectivity index (χ4v) is 3.07. The number of nitrogens with one attached hydrogen (secondary N) is 1. The van der Waals surface area contributed by atoms with Crippen LogP contribution in [0.5, 0.6) is 5.75 Å². The van der Waals surface area contributed by atoms with E-state index in [4.69, 9.17) is 14.2 Å². The third kappa shape index (κ3) is 4.82. The Kier molecular flexibility index (Phi) is 6.45. The van der Waals surface area contributed by atoms with Gasteiger partial charge in [0.1, 0.15) is 5.75 Å². The third-order valence-corrected chi connectivity index (χ3v) is 4.56. The molecule has 0 saturated carbocycles. The second-order valence-electron chi connectivity index (χ2n) is 6.31. The van der Waals surface area contributed by atoms with E-state index in [2.05, 4.69) is 42.6 Å². The van der Waals surface area contributed by atoms with E-state index in [-0.39, 0.29) is 12.3 Å². The Balaban J connectivity index is 1.56. The Morgan fingerprint density at radius 2 is 1.80 bits per heavy atom. The zero-order chi connectivity index (χ0) is 17.5. The molecule has 0 radical (unpaired) electrons. The van der Waals surface area contributed by atoms with E-state index >= 15 is 0 Å². The van der Waals surface area contributed by atoms with E-state index < -0.39 is 0 Å². The minimum Gasteiger partial charge on any atom is -0.496 e. The maximum absolute atomic E-state index is 5.58. The maximum atomic E-state index is 5.58. The van der Waals surface area contributed by atoms with Gasteiger partial charge in [-0.3, -0.25) is 0 Å². The van der Waals surface area contributed by atoms with Crippen LogP contribution in [0.3, 0.4) is 0 Å². The van der Waals surface area contributed by atoms with Crippen molar-refractivity contribution in [1.82, 2.24) is 5.32 Å². The summed E-state index contributed by atoms with van der Waals surface area (Å²) in [7, 11) is 1.71. The molecule has 2 aromatic rings. The SMILES string of the molecule is COc1ccccc1-c1ccc(C(C)NCCC2OCCCO2)cc1. The van der Waals surface area contributed by atoms with Crippen molar-refractivity contribution < 1.29 is 14.2 Å². The molecule has 1 N–H and O–H groups in total. The number of benzene rings is 2. The van der Waals surface area contributed by atoms with Gasteiger partial charge in [0, 0.05) is 24.6 Å². The predicted molar refractivity (Wildman–Crippen MR) is 99.8 cm³/mol. The second-order valence-corrected chi connectivity index (χ2v) is 6.31. The molecule has 2 aromatic carbocycles. The van der Waals surface area contributed by atoms with Gasteiger partial charge in [-0.2, -0.15) is 0 Å².